The number of rotatable bonds is 11. The smallest absolute Gasteiger partial charge is 0.243 e. The number of aryl methyl sites for hydroxylation is 2. The van der Waals surface area contributed by atoms with Crippen LogP contribution in [0.5, 0.6) is 5.75 Å². The summed E-state index contributed by atoms with van der Waals surface area (Å²) in [5.41, 5.74) is 2.44. The molecule has 3 rings (SSSR count). The zero-order valence-corrected chi connectivity index (χ0v) is 21.4. The van der Waals surface area contributed by atoms with Crippen LogP contribution in [0.1, 0.15) is 38.6 Å². The lowest BCUT2D eigenvalue weighted by molar-refractivity contribution is -0.130. The van der Waals surface area contributed by atoms with E-state index in [1.54, 1.807) is 37.3 Å². The average molecular weight is 487 g/mol. The minimum atomic E-state index is -3.56. The van der Waals surface area contributed by atoms with E-state index >= 15 is 0 Å². The first kappa shape index (κ1) is 25.7. The number of fused-ring (bicyclic) bond motifs is 1. The molecule has 0 aliphatic heterocycles. The number of aromatic nitrogens is 2. The number of ether oxygens (including phenoxy) is 1. The van der Waals surface area contributed by atoms with Gasteiger partial charge in [0.25, 0.3) is 0 Å². The molecule has 0 saturated carbocycles. The van der Waals surface area contributed by atoms with E-state index in [0.717, 1.165) is 22.7 Å². The molecule has 9 heteroatoms. The first-order chi connectivity index (χ1) is 16.3. The third-order valence-corrected chi connectivity index (χ3v) is 8.09. The first-order valence-corrected chi connectivity index (χ1v) is 13.1. The SMILES string of the molecule is CCN(CC)S(=O)(=O)c1ccc2c(c1)nc(CCC(=O)N(C)Cc1ccccc1OC)n2CC. The summed E-state index contributed by atoms with van der Waals surface area (Å²) in [5, 5.41) is 0. The number of benzene rings is 2. The molecule has 0 atom stereocenters. The summed E-state index contributed by atoms with van der Waals surface area (Å²) in [5.74, 6) is 1.53. The van der Waals surface area contributed by atoms with Gasteiger partial charge in [-0.25, -0.2) is 13.4 Å². The van der Waals surface area contributed by atoms with E-state index in [2.05, 4.69) is 0 Å². The van der Waals surface area contributed by atoms with Crippen LogP contribution in [0, 0.1) is 0 Å². The van der Waals surface area contributed by atoms with Gasteiger partial charge >= 0.3 is 0 Å². The maximum Gasteiger partial charge on any atom is 0.243 e. The Balaban J connectivity index is 1.78. The van der Waals surface area contributed by atoms with E-state index in [1.165, 1.54) is 4.31 Å². The fraction of sp³-hybridized carbons (Fsp3) is 0.440. The van der Waals surface area contributed by atoms with Crippen LogP contribution in [0.15, 0.2) is 47.4 Å². The van der Waals surface area contributed by atoms with Gasteiger partial charge in [-0.3, -0.25) is 4.79 Å². The molecule has 0 aliphatic rings. The second-order valence-corrected chi connectivity index (χ2v) is 10.0. The van der Waals surface area contributed by atoms with Gasteiger partial charge in [-0.2, -0.15) is 4.31 Å². The Morgan fingerprint density at radius 1 is 1.09 bits per heavy atom. The van der Waals surface area contributed by atoms with E-state index in [9.17, 15) is 13.2 Å². The molecule has 1 amide bonds. The van der Waals surface area contributed by atoms with Gasteiger partial charge in [-0.15, -0.1) is 0 Å². The molecule has 0 radical (unpaired) electrons. The van der Waals surface area contributed by atoms with Gasteiger partial charge in [0.05, 0.1) is 23.0 Å². The number of hydrogen-bond donors (Lipinski definition) is 0. The monoisotopic (exact) mass is 486 g/mol. The van der Waals surface area contributed by atoms with E-state index in [1.807, 2.05) is 49.6 Å². The maximum absolute atomic E-state index is 12.9. The van der Waals surface area contributed by atoms with Crippen molar-refractivity contribution in [2.45, 2.75) is 51.6 Å². The van der Waals surface area contributed by atoms with E-state index < -0.39 is 10.0 Å². The highest BCUT2D eigenvalue weighted by molar-refractivity contribution is 7.89. The third-order valence-electron chi connectivity index (χ3n) is 6.05. The van der Waals surface area contributed by atoms with Crippen molar-refractivity contribution in [1.82, 2.24) is 18.8 Å². The van der Waals surface area contributed by atoms with Crippen LogP contribution in [0.4, 0.5) is 0 Å². The Morgan fingerprint density at radius 3 is 2.44 bits per heavy atom. The Morgan fingerprint density at radius 2 is 1.79 bits per heavy atom. The fourth-order valence-corrected chi connectivity index (χ4v) is 5.64. The first-order valence-electron chi connectivity index (χ1n) is 11.6. The molecule has 0 aliphatic carbocycles. The highest BCUT2D eigenvalue weighted by atomic mass is 32.2. The quantitative estimate of drug-likeness (QED) is 0.413. The number of imidazole rings is 1. The van der Waals surface area contributed by atoms with Crippen molar-refractivity contribution in [3.8, 4) is 5.75 Å². The zero-order valence-electron chi connectivity index (χ0n) is 20.6. The highest BCUT2D eigenvalue weighted by Gasteiger charge is 2.23. The van der Waals surface area contributed by atoms with Crippen LogP contribution in [-0.4, -0.2) is 60.3 Å². The summed E-state index contributed by atoms with van der Waals surface area (Å²) in [6.45, 7) is 7.63. The minimum Gasteiger partial charge on any atom is -0.496 e. The van der Waals surface area contributed by atoms with Crippen molar-refractivity contribution in [2.75, 3.05) is 27.2 Å². The molecule has 1 aromatic heterocycles. The number of carbonyl (C=O) groups is 1. The van der Waals surface area contributed by atoms with Crippen LogP contribution in [-0.2, 0) is 34.3 Å². The van der Waals surface area contributed by atoms with Gasteiger partial charge in [0.2, 0.25) is 15.9 Å². The predicted octanol–water partition coefficient (Wildman–Crippen LogP) is 3.69. The molecular formula is C25H34N4O4S. The average Bonchev–Trinajstić information content (AvgIpc) is 3.20. The summed E-state index contributed by atoms with van der Waals surface area (Å²) in [6.07, 6.45) is 0.773. The number of hydrogen-bond acceptors (Lipinski definition) is 5. The second-order valence-electron chi connectivity index (χ2n) is 8.07. The summed E-state index contributed by atoms with van der Waals surface area (Å²) in [7, 11) is -0.163. The Hall–Kier alpha value is -2.91. The standard InChI is InChI=1S/C25H34N4O4S/c1-6-28(7-2)34(31,32)20-13-14-22-21(17-20)26-24(29(22)8-3)15-16-25(30)27(4)18-19-11-9-10-12-23(19)33-5/h9-14,17H,6-8,15-16,18H2,1-5H3. The third kappa shape index (κ3) is 5.26. The number of amides is 1. The van der Waals surface area contributed by atoms with Crippen LogP contribution < -0.4 is 4.74 Å². The molecular weight excluding hydrogens is 452 g/mol. The Kier molecular flexibility index (Phi) is 8.33. The molecule has 8 nitrogen and oxygen atoms in total. The minimum absolute atomic E-state index is 0.00501. The van der Waals surface area contributed by atoms with E-state index in [0.29, 0.717) is 44.5 Å². The molecule has 0 saturated heterocycles. The Bertz CT molecular complexity index is 1250. The summed E-state index contributed by atoms with van der Waals surface area (Å²) in [6, 6.07) is 12.7. The maximum atomic E-state index is 12.9. The normalized spacial score (nSPS) is 11.8. The van der Waals surface area contributed by atoms with Crippen molar-refractivity contribution < 1.29 is 17.9 Å². The fourth-order valence-electron chi connectivity index (χ4n) is 4.16. The van der Waals surface area contributed by atoms with Crippen molar-refractivity contribution in [3.05, 3.63) is 53.9 Å². The van der Waals surface area contributed by atoms with Gasteiger partial charge in [0.1, 0.15) is 11.6 Å². The number of sulfonamides is 1. The molecule has 2 aromatic carbocycles. The van der Waals surface area contributed by atoms with Gasteiger partial charge in [0.15, 0.2) is 0 Å². The lowest BCUT2D eigenvalue weighted by atomic mass is 10.2. The molecule has 1 heterocycles. The topological polar surface area (TPSA) is 84.7 Å². The summed E-state index contributed by atoms with van der Waals surface area (Å²) < 4.78 is 34.7. The van der Waals surface area contributed by atoms with Gasteiger partial charge < -0.3 is 14.2 Å². The predicted molar refractivity (Wildman–Crippen MR) is 133 cm³/mol. The number of methoxy groups -OCH3 is 1. The molecule has 0 N–H and O–H groups in total. The van der Waals surface area contributed by atoms with Crippen molar-refractivity contribution in [3.63, 3.8) is 0 Å². The molecule has 0 bridgehead atoms. The van der Waals surface area contributed by atoms with Crippen molar-refractivity contribution in [1.29, 1.82) is 0 Å². The van der Waals surface area contributed by atoms with Crippen molar-refractivity contribution in [2.24, 2.45) is 0 Å². The van der Waals surface area contributed by atoms with Gasteiger partial charge in [-0.05, 0) is 31.2 Å². The zero-order chi connectivity index (χ0) is 24.9. The van der Waals surface area contributed by atoms with Crippen LogP contribution in [0.3, 0.4) is 0 Å². The Labute approximate surface area is 202 Å². The largest absolute Gasteiger partial charge is 0.496 e. The lowest BCUT2D eigenvalue weighted by Gasteiger charge is -2.19. The molecule has 3 aromatic rings. The molecule has 0 spiro atoms. The van der Waals surface area contributed by atoms with Gasteiger partial charge in [0, 0.05) is 51.6 Å². The number of carbonyl (C=O) groups excluding carboxylic acids is 1. The highest BCUT2D eigenvalue weighted by Crippen LogP contribution is 2.24. The number of nitrogens with zero attached hydrogens (tertiary/aromatic N) is 4. The van der Waals surface area contributed by atoms with Crippen molar-refractivity contribution >= 4 is 27.0 Å². The van der Waals surface area contributed by atoms with Crippen LogP contribution >= 0.6 is 0 Å². The van der Waals surface area contributed by atoms with Crippen LogP contribution in [0.25, 0.3) is 11.0 Å². The molecule has 34 heavy (non-hydrogen) atoms. The summed E-state index contributed by atoms with van der Waals surface area (Å²) in [4.78, 5) is 19.5. The molecule has 0 fully saturated rings. The molecule has 184 valence electrons. The van der Waals surface area contributed by atoms with Crippen LogP contribution in [0.2, 0.25) is 0 Å². The number of para-hydroxylation sites is 1. The second kappa shape index (κ2) is 11.0. The summed E-state index contributed by atoms with van der Waals surface area (Å²) >= 11 is 0. The van der Waals surface area contributed by atoms with E-state index in [-0.39, 0.29) is 10.8 Å². The lowest BCUT2D eigenvalue weighted by Crippen LogP contribution is -2.30. The van der Waals surface area contributed by atoms with Gasteiger partial charge in [-0.1, -0.05) is 32.0 Å². The molecule has 0 unspecified atom stereocenters. The van der Waals surface area contributed by atoms with E-state index in [4.69, 9.17) is 9.72 Å².